The third kappa shape index (κ3) is 2.81. The first kappa shape index (κ1) is 11.6. The molecule has 0 radical (unpaired) electrons. The average Bonchev–Trinajstić information content (AvgIpc) is 2.89. The first-order chi connectivity index (χ1) is 8.19. The molecule has 2 rings (SSSR count). The molecular weight excluding hydrogens is 218 g/mol. The molecule has 0 aromatic carbocycles. The van der Waals surface area contributed by atoms with Crippen LogP contribution in [0.1, 0.15) is 42.3 Å². The van der Waals surface area contributed by atoms with Crippen LogP contribution in [-0.2, 0) is 13.0 Å². The summed E-state index contributed by atoms with van der Waals surface area (Å²) in [7, 11) is 0. The lowest BCUT2D eigenvalue weighted by Crippen LogP contribution is -1.99. The first-order valence-electron chi connectivity index (χ1n) is 5.67. The van der Waals surface area contributed by atoms with E-state index in [-0.39, 0.29) is 5.78 Å². The number of hydrogen-bond acceptors (Lipinski definition) is 4. The molecule has 2 aromatic heterocycles. The van der Waals surface area contributed by atoms with Crippen LogP contribution in [0.15, 0.2) is 23.0 Å². The maximum atomic E-state index is 11.1. The number of carbonyl (C=O) groups excluding carboxylic acids is 1. The highest BCUT2D eigenvalue weighted by atomic mass is 16.5. The van der Waals surface area contributed by atoms with E-state index < -0.39 is 0 Å². The van der Waals surface area contributed by atoms with Crippen molar-refractivity contribution in [3.63, 3.8) is 0 Å². The maximum absolute atomic E-state index is 11.1. The number of ketones is 1. The molecule has 2 heterocycles. The monoisotopic (exact) mass is 233 g/mol. The van der Waals surface area contributed by atoms with Crippen LogP contribution < -0.4 is 0 Å². The molecule has 0 N–H and O–H groups in total. The molecule has 0 unspecified atom stereocenters. The fourth-order valence-electron chi connectivity index (χ4n) is 1.58. The number of Topliss-reactive ketones (excluding diaryl/α,β-unsaturated/α-hetero) is 1. The topological polar surface area (TPSA) is 60.9 Å². The van der Waals surface area contributed by atoms with Gasteiger partial charge in [-0.3, -0.25) is 4.79 Å². The Morgan fingerprint density at radius 3 is 3.00 bits per heavy atom. The van der Waals surface area contributed by atoms with E-state index in [4.69, 9.17) is 4.52 Å². The van der Waals surface area contributed by atoms with Gasteiger partial charge in [-0.15, -0.1) is 0 Å². The van der Waals surface area contributed by atoms with Gasteiger partial charge in [0, 0.05) is 24.4 Å². The summed E-state index contributed by atoms with van der Waals surface area (Å²) < 4.78 is 6.96. The van der Waals surface area contributed by atoms with E-state index in [0.717, 1.165) is 12.8 Å². The summed E-state index contributed by atoms with van der Waals surface area (Å²) in [5.74, 6) is 1.36. The summed E-state index contributed by atoms with van der Waals surface area (Å²) in [6.07, 6.45) is 5.42. The summed E-state index contributed by atoms with van der Waals surface area (Å²) in [4.78, 5) is 15.4. The van der Waals surface area contributed by atoms with Crippen LogP contribution in [-0.4, -0.2) is 20.5 Å². The van der Waals surface area contributed by atoms with Gasteiger partial charge in [0.15, 0.2) is 11.6 Å². The summed E-state index contributed by atoms with van der Waals surface area (Å²) in [5.41, 5.74) is 0.697. The molecule has 0 aliphatic heterocycles. The van der Waals surface area contributed by atoms with Crippen molar-refractivity contribution in [2.45, 2.75) is 33.2 Å². The molecule has 0 aliphatic carbocycles. The minimum absolute atomic E-state index is 0.0588. The van der Waals surface area contributed by atoms with E-state index in [2.05, 4.69) is 17.1 Å². The zero-order chi connectivity index (χ0) is 12.3. The van der Waals surface area contributed by atoms with Crippen molar-refractivity contribution in [3.8, 4) is 0 Å². The van der Waals surface area contributed by atoms with Crippen molar-refractivity contribution in [2.75, 3.05) is 0 Å². The number of aryl methyl sites for hydroxylation is 1. The first-order valence-corrected chi connectivity index (χ1v) is 5.67. The Bertz CT molecular complexity index is 513. The molecule has 0 spiro atoms. The minimum Gasteiger partial charge on any atom is -0.346 e. The summed E-state index contributed by atoms with van der Waals surface area (Å²) in [6, 6.07) is 1.79. The Hall–Kier alpha value is -1.91. The molecule has 90 valence electrons. The Morgan fingerprint density at radius 1 is 1.53 bits per heavy atom. The SMILES string of the molecule is CCCc1nc(Cn2ccc(C(C)=O)c2)no1. The normalized spacial score (nSPS) is 10.7. The summed E-state index contributed by atoms with van der Waals surface area (Å²) >= 11 is 0. The Morgan fingerprint density at radius 2 is 2.35 bits per heavy atom. The molecule has 0 aliphatic rings. The summed E-state index contributed by atoms with van der Waals surface area (Å²) in [6.45, 7) is 4.14. The largest absolute Gasteiger partial charge is 0.346 e. The lowest BCUT2D eigenvalue weighted by atomic mass is 10.2. The van der Waals surface area contributed by atoms with Crippen LogP contribution in [0.25, 0.3) is 0 Å². The van der Waals surface area contributed by atoms with E-state index in [0.29, 0.717) is 23.8 Å². The van der Waals surface area contributed by atoms with Crippen molar-refractivity contribution >= 4 is 5.78 Å². The smallest absolute Gasteiger partial charge is 0.226 e. The van der Waals surface area contributed by atoms with Crippen LogP contribution in [0.3, 0.4) is 0 Å². The predicted molar refractivity (Wildman–Crippen MR) is 61.8 cm³/mol. The molecular formula is C12H15N3O2. The Kier molecular flexibility index (Phi) is 3.37. The molecule has 0 saturated heterocycles. The minimum atomic E-state index is 0.0588. The van der Waals surface area contributed by atoms with E-state index >= 15 is 0 Å². The average molecular weight is 233 g/mol. The van der Waals surface area contributed by atoms with Crippen molar-refractivity contribution < 1.29 is 9.32 Å². The van der Waals surface area contributed by atoms with Crippen LogP contribution in [0.2, 0.25) is 0 Å². The van der Waals surface area contributed by atoms with Gasteiger partial charge in [0.2, 0.25) is 5.89 Å². The third-order valence-corrected chi connectivity index (χ3v) is 2.46. The number of aromatic nitrogens is 3. The summed E-state index contributed by atoms with van der Waals surface area (Å²) in [5, 5.41) is 3.89. The van der Waals surface area contributed by atoms with Gasteiger partial charge in [-0.25, -0.2) is 0 Å². The van der Waals surface area contributed by atoms with E-state index in [9.17, 15) is 4.79 Å². The quantitative estimate of drug-likeness (QED) is 0.742. The van der Waals surface area contributed by atoms with Gasteiger partial charge in [0.25, 0.3) is 0 Å². The molecule has 5 heteroatoms. The highest BCUT2D eigenvalue weighted by Gasteiger charge is 2.07. The number of carbonyl (C=O) groups is 1. The van der Waals surface area contributed by atoms with Gasteiger partial charge in [-0.05, 0) is 19.4 Å². The molecule has 0 saturated carbocycles. The van der Waals surface area contributed by atoms with E-state index in [1.165, 1.54) is 0 Å². The Balaban J connectivity index is 2.05. The van der Waals surface area contributed by atoms with Gasteiger partial charge >= 0.3 is 0 Å². The van der Waals surface area contributed by atoms with Crippen molar-refractivity contribution in [1.82, 2.24) is 14.7 Å². The zero-order valence-electron chi connectivity index (χ0n) is 10.0. The molecule has 0 fully saturated rings. The van der Waals surface area contributed by atoms with E-state index in [1.54, 1.807) is 19.2 Å². The lowest BCUT2D eigenvalue weighted by Gasteiger charge is -1.95. The van der Waals surface area contributed by atoms with Crippen molar-refractivity contribution in [2.24, 2.45) is 0 Å². The standard InChI is InChI=1S/C12H15N3O2/c1-3-4-12-13-11(14-17-12)8-15-6-5-10(7-15)9(2)16/h5-7H,3-4,8H2,1-2H3. The third-order valence-electron chi connectivity index (χ3n) is 2.46. The zero-order valence-corrected chi connectivity index (χ0v) is 10.0. The second-order valence-electron chi connectivity index (χ2n) is 3.98. The number of nitrogens with zero attached hydrogens (tertiary/aromatic N) is 3. The van der Waals surface area contributed by atoms with Crippen molar-refractivity contribution in [3.05, 3.63) is 35.7 Å². The fraction of sp³-hybridized carbons (Fsp3) is 0.417. The number of hydrogen-bond donors (Lipinski definition) is 0. The second kappa shape index (κ2) is 4.95. The van der Waals surface area contributed by atoms with E-state index in [1.807, 2.05) is 10.8 Å². The molecule has 17 heavy (non-hydrogen) atoms. The number of rotatable bonds is 5. The van der Waals surface area contributed by atoms with Gasteiger partial charge in [-0.1, -0.05) is 12.1 Å². The van der Waals surface area contributed by atoms with Gasteiger partial charge in [0.1, 0.15) is 0 Å². The van der Waals surface area contributed by atoms with Crippen LogP contribution in [0.5, 0.6) is 0 Å². The van der Waals surface area contributed by atoms with Gasteiger partial charge < -0.3 is 9.09 Å². The lowest BCUT2D eigenvalue weighted by molar-refractivity contribution is 0.101. The molecule has 2 aromatic rings. The van der Waals surface area contributed by atoms with Crippen molar-refractivity contribution in [1.29, 1.82) is 0 Å². The molecule has 0 bridgehead atoms. The van der Waals surface area contributed by atoms with Crippen LogP contribution >= 0.6 is 0 Å². The molecule has 5 nitrogen and oxygen atoms in total. The molecule has 0 atom stereocenters. The maximum Gasteiger partial charge on any atom is 0.226 e. The van der Waals surface area contributed by atoms with Crippen LogP contribution in [0.4, 0.5) is 0 Å². The highest BCUT2D eigenvalue weighted by Crippen LogP contribution is 2.06. The Labute approximate surface area is 99.4 Å². The van der Waals surface area contributed by atoms with Gasteiger partial charge in [0.05, 0.1) is 6.54 Å². The second-order valence-corrected chi connectivity index (χ2v) is 3.98. The predicted octanol–water partition coefficient (Wildman–Crippen LogP) is 2.07. The highest BCUT2D eigenvalue weighted by molar-refractivity contribution is 5.93. The van der Waals surface area contributed by atoms with Crippen LogP contribution in [0, 0.1) is 0 Å². The van der Waals surface area contributed by atoms with Gasteiger partial charge in [-0.2, -0.15) is 4.98 Å². The molecule has 0 amide bonds. The fourth-order valence-corrected chi connectivity index (χ4v) is 1.58.